The molecule has 4 aromatic rings. The lowest BCUT2D eigenvalue weighted by atomic mass is 9.99. The number of alkyl halides is 3. The molecule has 3 aromatic carbocycles. The molecule has 0 spiro atoms. The summed E-state index contributed by atoms with van der Waals surface area (Å²) in [6.45, 7) is 7.65. The molecule has 0 saturated heterocycles. The van der Waals surface area contributed by atoms with Crippen molar-refractivity contribution in [3.63, 3.8) is 0 Å². The number of aromatic nitrogens is 2. The molecule has 7 nitrogen and oxygen atoms in total. The summed E-state index contributed by atoms with van der Waals surface area (Å²) in [5.41, 5.74) is 11.2. The van der Waals surface area contributed by atoms with Crippen LogP contribution in [0.1, 0.15) is 36.2 Å². The number of anilines is 2. The normalized spacial score (nSPS) is 14.2. The molecule has 2 heterocycles. The van der Waals surface area contributed by atoms with Crippen molar-refractivity contribution in [3.05, 3.63) is 88.1 Å². The van der Waals surface area contributed by atoms with Gasteiger partial charge in [-0.25, -0.2) is 4.68 Å². The van der Waals surface area contributed by atoms with E-state index in [1.807, 2.05) is 59.0 Å². The number of nitrogens with two attached hydrogens (primary N) is 1. The number of halogens is 4. The minimum Gasteiger partial charge on any atom is -0.491 e. The minimum atomic E-state index is -4.48. The third-order valence-corrected chi connectivity index (χ3v) is 7.41. The Morgan fingerprint density at radius 3 is 2.50 bits per heavy atom. The van der Waals surface area contributed by atoms with E-state index < -0.39 is 18.1 Å². The Morgan fingerprint density at radius 1 is 1.12 bits per heavy atom. The highest BCUT2D eigenvalue weighted by molar-refractivity contribution is 6.33. The fourth-order valence-electron chi connectivity index (χ4n) is 5.15. The minimum absolute atomic E-state index is 0.0428. The zero-order chi connectivity index (χ0) is 30.2. The zero-order valence-corrected chi connectivity index (χ0v) is 24.3. The molecular weight excluding hydrogens is 567 g/mol. The van der Waals surface area contributed by atoms with E-state index in [0.717, 1.165) is 45.9 Å². The fourth-order valence-corrected chi connectivity index (χ4v) is 5.45. The SMILES string of the molecule is Cc1cccc(OCC(C)C)c1-n1nc2c(c1-c1ccc(NC(N)O)cc1)CN(c1ccc(C(F)(F)F)cc1Cl)CC2. The summed E-state index contributed by atoms with van der Waals surface area (Å²) in [4.78, 5) is 1.98. The first-order chi connectivity index (χ1) is 19.9. The van der Waals surface area contributed by atoms with E-state index in [4.69, 9.17) is 27.2 Å². The number of aliphatic hydroxyl groups is 1. The van der Waals surface area contributed by atoms with E-state index in [1.54, 1.807) is 0 Å². The largest absolute Gasteiger partial charge is 0.491 e. The summed E-state index contributed by atoms with van der Waals surface area (Å²) in [6.07, 6.45) is -5.11. The molecule has 1 atom stereocenters. The number of rotatable bonds is 8. The number of para-hydroxylation sites is 1. The summed E-state index contributed by atoms with van der Waals surface area (Å²) >= 11 is 6.40. The predicted octanol–water partition coefficient (Wildman–Crippen LogP) is 6.76. The molecule has 0 aliphatic carbocycles. The first-order valence-corrected chi connectivity index (χ1v) is 14.1. The Balaban J connectivity index is 1.62. The molecule has 4 N–H and O–H groups in total. The lowest BCUT2D eigenvalue weighted by molar-refractivity contribution is -0.137. The van der Waals surface area contributed by atoms with Crippen molar-refractivity contribution in [2.45, 2.75) is 46.3 Å². The van der Waals surface area contributed by atoms with Gasteiger partial charge in [0.25, 0.3) is 0 Å². The number of nitrogens with zero attached hydrogens (tertiary/aromatic N) is 3. The van der Waals surface area contributed by atoms with Crippen molar-refractivity contribution < 1.29 is 23.0 Å². The van der Waals surface area contributed by atoms with Crippen LogP contribution in [0.3, 0.4) is 0 Å². The van der Waals surface area contributed by atoms with Crippen LogP contribution in [0.25, 0.3) is 16.9 Å². The van der Waals surface area contributed by atoms with Gasteiger partial charge < -0.3 is 20.1 Å². The van der Waals surface area contributed by atoms with Crippen LogP contribution in [0, 0.1) is 12.8 Å². The highest BCUT2D eigenvalue weighted by Gasteiger charge is 2.33. The number of ether oxygens (including phenoxy) is 1. The topological polar surface area (TPSA) is 88.6 Å². The van der Waals surface area contributed by atoms with Crippen molar-refractivity contribution in [1.29, 1.82) is 0 Å². The van der Waals surface area contributed by atoms with Crippen LogP contribution in [-0.2, 0) is 19.1 Å². The Kier molecular flexibility index (Phi) is 8.41. The summed E-state index contributed by atoms with van der Waals surface area (Å²) in [7, 11) is 0. The predicted molar refractivity (Wildman–Crippen MR) is 159 cm³/mol. The van der Waals surface area contributed by atoms with Gasteiger partial charge in [0, 0.05) is 36.3 Å². The first kappa shape index (κ1) is 29.8. The van der Waals surface area contributed by atoms with Gasteiger partial charge in [0.1, 0.15) is 11.4 Å². The Hall–Kier alpha value is -3.73. The maximum atomic E-state index is 13.3. The Labute approximate surface area is 247 Å². The van der Waals surface area contributed by atoms with E-state index in [0.29, 0.717) is 49.2 Å². The van der Waals surface area contributed by atoms with E-state index in [1.165, 1.54) is 6.07 Å². The van der Waals surface area contributed by atoms with Crippen molar-refractivity contribution in [3.8, 4) is 22.7 Å². The highest BCUT2D eigenvalue weighted by atomic mass is 35.5. The Bertz CT molecular complexity index is 1570. The summed E-state index contributed by atoms with van der Waals surface area (Å²) < 4.78 is 48.0. The lowest BCUT2D eigenvalue weighted by Crippen LogP contribution is -2.30. The molecule has 0 radical (unpaired) electrons. The molecule has 0 saturated carbocycles. The number of aliphatic hydroxyl groups excluding tert-OH is 1. The standard InChI is InChI=1S/C31H33ClF3N5O2/c1-18(2)17-42-27-6-4-5-19(3)28(27)40-29(20-7-10-22(11-8-20)37-30(36)41)23-16-39(14-13-25(23)38-40)26-12-9-21(15-24(26)32)31(33,34)35/h4-12,15,18,30,37,41H,13-14,16-17,36H2,1-3H3. The second kappa shape index (κ2) is 11.9. The van der Waals surface area contributed by atoms with Gasteiger partial charge in [-0.2, -0.15) is 18.3 Å². The van der Waals surface area contributed by atoms with Gasteiger partial charge in [-0.1, -0.05) is 49.7 Å². The quantitative estimate of drug-likeness (QED) is 0.194. The first-order valence-electron chi connectivity index (χ1n) is 13.7. The molecule has 1 aliphatic heterocycles. The maximum absolute atomic E-state index is 13.3. The number of hydrogen-bond donors (Lipinski definition) is 3. The van der Waals surface area contributed by atoms with Crippen molar-refractivity contribution >= 4 is 23.0 Å². The van der Waals surface area contributed by atoms with Crippen LogP contribution in [-0.4, -0.2) is 34.4 Å². The number of benzene rings is 3. The van der Waals surface area contributed by atoms with E-state index in [2.05, 4.69) is 19.2 Å². The van der Waals surface area contributed by atoms with Crippen molar-refractivity contribution in [1.82, 2.24) is 9.78 Å². The Morgan fingerprint density at radius 2 is 1.86 bits per heavy atom. The van der Waals surface area contributed by atoms with Gasteiger partial charge in [-0.3, -0.25) is 5.73 Å². The van der Waals surface area contributed by atoms with E-state index in [9.17, 15) is 18.3 Å². The third-order valence-electron chi connectivity index (χ3n) is 7.11. The molecule has 0 bridgehead atoms. The number of hydrogen-bond acceptors (Lipinski definition) is 6. The second-order valence-corrected chi connectivity index (χ2v) is 11.2. The van der Waals surface area contributed by atoms with Crippen LogP contribution in [0.2, 0.25) is 5.02 Å². The van der Waals surface area contributed by atoms with Crippen molar-refractivity contribution in [2.75, 3.05) is 23.4 Å². The molecular formula is C31H33ClF3N5O2. The average molecular weight is 600 g/mol. The lowest BCUT2D eigenvalue weighted by Gasteiger charge is -2.30. The zero-order valence-electron chi connectivity index (χ0n) is 23.5. The number of fused-ring (bicyclic) bond motifs is 1. The summed E-state index contributed by atoms with van der Waals surface area (Å²) in [5, 5.41) is 17.4. The van der Waals surface area contributed by atoms with Gasteiger partial charge in [0.05, 0.1) is 34.3 Å². The van der Waals surface area contributed by atoms with Gasteiger partial charge in [-0.05, 0) is 54.8 Å². The molecule has 5 rings (SSSR count). The molecule has 222 valence electrons. The molecule has 0 amide bonds. The molecule has 11 heteroatoms. The molecule has 1 aromatic heterocycles. The molecule has 1 aliphatic rings. The van der Waals surface area contributed by atoms with Gasteiger partial charge in [-0.15, -0.1) is 0 Å². The van der Waals surface area contributed by atoms with Gasteiger partial charge >= 0.3 is 6.18 Å². The number of aryl methyl sites for hydroxylation is 1. The molecule has 0 fully saturated rings. The molecule has 1 unspecified atom stereocenters. The average Bonchev–Trinajstić information content (AvgIpc) is 3.29. The van der Waals surface area contributed by atoms with Crippen molar-refractivity contribution in [2.24, 2.45) is 11.7 Å². The monoisotopic (exact) mass is 599 g/mol. The highest BCUT2D eigenvalue weighted by Crippen LogP contribution is 2.40. The molecule has 42 heavy (non-hydrogen) atoms. The van der Waals surface area contributed by atoms with Gasteiger partial charge in [0.2, 0.25) is 0 Å². The van der Waals surface area contributed by atoms with Crippen LogP contribution in [0.15, 0.2) is 60.7 Å². The van der Waals surface area contributed by atoms with Gasteiger partial charge in [0.15, 0.2) is 6.35 Å². The van der Waals surface area contributed by atoms with Crippen LogP contribution >= 0.6 is 11.6 Å². The second-order valence-electron chi connectivity index (χ2n) is 10.8. The maximum Gasteiger partial charge on any atom is 0.416 e. The number of nitrogens with one attached hydrogen (secondary N) is 1. The smallest absolute Gasteiger partial charge is 0.416 e. The third kappa shape index (κ3) is 6.21. The van der Waals surface area contributed by atoms with Crippen LogP contribution < -0.4 is 20.7 Å². The van der Waals surface area contributed by atoms with E-state index >= 15 is 0 Å². The van der Waals surface area contributed by atoms with Crippen LogP contribution in [0.5, 0.6) is 5.75 Å². The fraction of sp³-hybridized carbons (Fsp3) is 0.323. The van der Waals surface area contributed by atoms with E-state index in [-0.39, 0.29) is 5.02 Å². The summed E-state index contributed by atoms with van der Waals surface area (Å²) in [6, 6.07) is 16.8. The van der Waals surface area contributed by atoms with Crippen LogP contribution in [0.4, 0.5) is 24.5 Å². The summed E-state index contributed by atoms with van der Waals surface area (Å²) in [5.74, 6) is 1.03.